The van der Waals surface area contributed by atoms with Gasteiger partial charge in [0.05, 0.1) is 11.9 Å². The van der Waals surface area contributed by atoms with Crippen molar-refractivity contribution in [3.05, 3.63) is 60.6 Å². The molecular weight excluding hydrogens is 475 g/mol. The fourth-order valence-corrected chi connectivity index (χ4v) is 5.89. The van der Waals surface area contributed by atoms with Crippen molar-refractivity contribution in [2.75, 3.05) is 18.8 Å². The number of aromatic nitrogens is 4. The zero-order valence-corrected chi connectivity index (χ0v) is 21.4. The number of carbonyl (C=O) groups is 1. The summed E-state index contributed by atoms with van der Waals surface area (Å²) >= 11 is 0. The Morgan fingerprint density at radius 1 is 1.00 bits per heavy atom. The highest BCUT2D eigenvalue weighted by Gasteiger charge is 2.41. The maximum atomic E-state index is 13.1. The Bertz CT molecular complexity index is 1460. The average Bonchev–Trinajstić information content (AvgIpc) is 3.40. The van der Waals surface area contributed by atoms with Gasteiger partial charge in [0.1, 0.15) is 19.3 Å². The largest absolute Gasteiger partial charge is 0.384 e. The Kier molecular flexibility index (Phi) is 6.39. The fraction of sp³-hybridized carbons (Fsp3) is 0.379. The molecule has 1 amide bonds. The smallest absolute Gasteiger partial charge is 0.254 e. The van der Waals surface area contributed by atoms with E-state index in [2.05, 4.69) is 10.1 Å². The summed E-state index contributed by atoms with van der Waals surface area (Å²) < 4.78 is 1.58. The number of rotatable bonds is 4. The molecule has 2 fully saturated rings. The van der Waals surface area contributed by atoms with Crippen LogP contribution in [0.5, 0.6) is 0 Å². The van der Waals surface area contributed by atoms with Gasteiger partial charge >= 0.3 is 0 Å². The molecule has 9 heteroatoms. The average molecular weight is 506 g/mol. The third kappa shape index (κ3) is 4.34. The van der Waals surface area contributed by atoms with Crippen LogP contribution in [0.4, 0.5) is 5.82 Å². The van der Waals surface area contributed by atoms with Crippen LogP contribution in [0, 0.1) is 0 Å². The molecule has 1 aliphatic heterocycles. The number of amides is 1. The third-order valence-corrected chi connectivity index (χ3v) is 8.14. The van der Waals surface area contributed by atoms with E-state index in [4.69, 9.17) is 18.6 Å². The van der Waals surface area contributed by atoms with Crippen LogP contribution in [0.1, 0.15) is 56.6 Å². The lowest BCUT2D eigenvalue weighted by Crippen LogP contribution is -2.52. The summed E-state index contributed by atoms with van der Waals surface area (Å²) in [6, 6.07) is 14.0. The zero-order chi connectivity index (χ0) is 26.3. The van der Waals surface area contributed by atoms with E-state index in [-0.39, 0.29) is 11.8 Å². The van der Waals surface area contributed by atoms with Gasteiger partial charge in [-0.3, -0.25) is 9.78 Å². The van der Waals surface area contributed by atoms with Crippen LogP contribution in [0.25, 0.3) is 28.0 Å². The van der Waals surface area contributed by atoms with Gasteiger partial charge in [-0.25, -0.2) is 4.98 Å². The molecule has 8 nitrogen and oxygen atoms in total. The van der Waals surface area contributed by atoms with E-state index in [1.165, 1.54) is 0 Å². The molecular formula is C29H31BN6O2. The van der Waals surface area contributed by atoms with Crippen LogP contribution in [0.15, 0.2) is 54.9 Å². The number of anilines is 1. The van der Waals surface area contributed by atoms with Gasteiger partial charge in [-0.05, 0) is 37.2 Å². The number of benzene rings is 1. The van der Waals surface area contributed by atoms with Crippen LogP contribution < -0.4 is 11.2 Å². The minimum Gasteiger partial charge on any atom is -0.384 e. The number of nitrogen functional groups attached to an aromatic ring is 1. The van der Waals surface area contributed by atoms with Crippen LogP contribution in [0.3, 0.4) is 0 Å². The standard InChI is InChI=1S/C29H31BN6O2/c30-24-25(20-11-15-35(16-12-20)28(37)29(38)13-5-2-6-14-29)34-27-22(18-33-36(27)26(24)31)21-9-10-23(32-17-21)19-7-3-1-4-8-19/h1,3-4,7-10,17-18,20,38H,2,5-6,11-16,31H2. The molecule has 1 saturated heterocycles. The van der Waals surface area contributed by atoms with Gasteiger partial charge in [0.15, 0.2) is 5.65 Å². The van der Waals surface area contributed by atoms with Gasteiger partial charge in [-0.1, -0.05) is 55.7 Å². The number of fused-ring (bicyclic) bond motifs is 1. The molecule has 3 N–H and O–H groups in total. The van der Waals surface area contributed by atoms with Crippen molar-refractivity contribution in [2.45, 2.75) is 56.5 Å². The van der Waals surface area contributed by atoms with E-state index in [9.17, 15) is 9.90 Å². The summed E-state index contributed by atoms with van der Waals surface area (Å²) in [7, 11) is 6.46. The number of pyridine rings is 1. The van der Waals surface area contributed by atoms with E-state index >= 15 is 0 Å². The molecule has 4 aromatic rings. The van der Waals surface area contributed by atoms with Crippen molar-refractivity contribution in [2.24, 2.45) is 0 Å². The maximum absolute atomic E-state index is 13.1. The second-order valence-electron chi connectivity index (χ2n) is 10.5. The molecule has 2 radical (unpaired) electrons. The van der Waals surface area contributed by atoms with Gasteiger partial charge in [-0.15, -0.1) is 0 Å². The minimum atomic E-state index is -1.21. The Labute approximate surface area is 223 Å². The molecule has 0 atom stereocenters. The molecule has 1 aromatic carbocycles. The molecule has 0 spiro atoms. The number of aliphatic hydroxyl groups is 1. The van der Waals surface area contributed by atoms with E-state index in [1.807, 2.05) is 53.6 Å². The Morgan fingerprint density at radius 3 is 2.42 bits per heavy atom. The van der Waals surface area contributed by atoms with Crippen molar-refractivity contribution in [3.63, 3.8) is 0 Å². The van der Waals surface area contributed by atoms with Crippen LogP contribution in [-0.4, -0.2) is 62.0 Å². The Hall–Kier alpha value is -3.72. The van der Waals surface area contributed by atoms with E-state index in [0.29, 0.717) is 55.7 Å². The molecule has 2 aliphatic rings. The summed E-state index contributed by atoms with van der Waals surface area (Å²) in [6.45, 7) is 1.13. The van der Waals surface area contributed by atoms with Crippen LogP contribution in [0.2, 0.25) is 0 Å². The number of piperidine rings is 1. The second-order valence-corrected chi connectivity index (χ2v) is 10.5. The molecule has 1 aliphatic carbocycles. The predicted octanol–water partition coefficient (Wildman–Crippen LogP) is 3.24. The monoisotopic (exact) mass is 506 g/mol. The molecule has 3 aromatic heterocycles. The van der Waals surface area contributed by atoms with E-state index in [1.54, 1.807) is 10.7 Å². The van der Waals surface area contributed by atoms with Crippen molar-refractivity contribution in [1.29, 1.82) is 0 Å². The minimum absolute atomic E-state index is 0.0636. The zero-order valence-electron chi connectivity index (χ0n) is 21.4. The predicted molar refractivity (Wildman–Crippen MR) is 148 cm³/mol. The first kappa shape index (κ1) is 24.6. The van der Waals surface area contributed by atoms with E-state index < -0.39 is 5.60 Å². The fourth-order valence-electron chi connectivity index (χ4n) is 5.89. The first-order valence-electron chi connectivity index (χ1n) is 13.4. The Balaban J connectivity index is 1.25. The molecule has 6 rings (SSSR count). The number of hydrogen-bond acceptors (Lipinski definition) is 6. The van der Waals surface area contributed by atoms with Crippen LogP contribution in [-0.2, 0) is 4.79 Å². The van der Waals surface area contributed by atoms with Crippen molar-refractivity contribution >= 4 is 30.7 Å². The first-order valence-corrected chi connectivity index (χ1v) is 13.4. The number of nitrogens with zero attached hydrogens (tertiary/aromatic N) is 5. The highest BCUT2D eigenvalue weighted by atomic mass is 16.3. The van der Waals surface area contributed by atoms with Gasteiger partial charge in [0.2, 0.25) is 0 Å². The highest BCUT2D eigenvalue weighted by Crippen LogP contribution is 2.34. The quantitative estimate of drug-likeness (QED) is 0.412. The number of carbonyl (C=O) groups excluding carboxylic acids is 1. The summed E-state index contributed by atoms with van der Waals surface area (Å²) in [6.07, 6.45) is 8.98. The molecule has 0 unspecified atom stereocenters. The van der Waals surface area contributed by atoms with Crippen molar-refractivity contribution in [3.8, 4) is 22.4 Å². The number of hydrogen-bond donors (Lipinski definition) is 2. The maximum Gasteiger partial charge on any atom is 0.254 e. The normalized spacial score (nSPS) is 18.1. The highest BCUT2D eigenvalue weighted by molar-refractivity contribution is 6.36. The van der Waals surface area contributed by atoms with Gasteiger partial charge < -0.3 is 15.7 Å². The molecule has 1 saturated carbocycles. The molecule has 192 valence electrons. The third-order valence-electron chi connectivity index (χ3n) is 8.14. The topological polar surface area (TPSA) is 110 Å². The second kappa shape index (κ2) is 9.87. The lowest BCUT2D eigenvalue weighted by Gasteiger charge is -2.39. The summed E-state index contributed by atoms with van der Waals surface area (Å²) in [5.74, 6) is 0.296. The first-order chi connectivity index (χ1) is 18.4. The van der Waals surface area contributed by atoms with Crippen molar-refractivity contribution < 1.29 is 9.90 Å². The Morgan fingerprint density at radius 2 is 1.74 bits per heavy atom. The molecule has 0 bridgehead atoms. The lowest BCUT2D eigenvalue weighted by atomic mass is 9.81. The number of likely N-dealkylation sites (tertiary alicyclic amines) is 1. The van der Waals surface area contributed by atoms with E-state index in [0.717, 1.165) is 47.3 Å². The summed E-state index contributed by atoms with van der Waals surface area (Å²) in [5.41, 5.74) is 10.7. The molecule has 38 heavy (non-hydrogen) atoms. The van der Waals surface area contributed by atoms with Gasteiger partial charge in [0.25, 0.3) is 5.91 Å². The van der Waals surface area contributed by atoms with Gasteiger partial charge in [0, 0.05) is 47.6 Å². The lowest BCUT2D eigenvalue weighted by molar-refractivity contribution is -0.155. The van der Waals surface area contributed by atoms with Gasteiger partial charge in [-0.2, -0.15) is 9.61 Å². The number of nitrogens with two attached hydrogens (primary N) is 1. The molecule has 4 heterocycles. The summed E-state index contributed by atoms with van der Waals surface area (Å²) in [4.78, 5) is 24.5. The summed E-state index contributed by atoms with van der Waals surface area (Å²) in [5, 5.41) is 15.4. The van der Waals surface area contributed by atoms with Crippen molar-refractivity contribution in [1.82, 2.24) is 24.5 Å². The van der Waals surface area contributed by atoms with Crippen LogP contribution >= 0.6 is 0 Å². The SMILES string of the molecule is [B]c1c(C2CCN(C(=O)C3(O)CCCCC3)CC2)nc2c(-c3ccc(-c4ccccc4)nc3)cnn2c1N.